The van der Waals surface area contributed by atoms with E-state index >= 15 is 0 Å². The summed E-state index contributed by atoms with van der Waals surface area (Å²) in [5.41, 5.74) is 2.00. The van der Waals surface area contributed by atoms with Gasteiger partial charge in [-0.15, -0.1) is 0 Å². The van der Waals surface area contributed by atoms with Crippen LogP contribution in [0.15, 0.2) is 71.9 Å². The smallest absolute Gasteiger partial charge is 0.340 e. The number of aromatic nitrogens is 1. The number of halogens is 3. The van der Waals surface area contributed by atoms with E-state index in [1.54, 1.807) is 24.5 Å². The molecule has 1 unspecified atom stereocenters. The molecule has 0 radical (unpaired) electrons. The molecule has 6 nitrogen and oxygen atoms in total. The van der Waals surface area contributed by atoms with Gasteiger partial charge in [0.15, 0.2) is 0 Å². The first-order chi connectivity index (χ1) is 16.5. The fourth-order valence-corrected chi connectivity index (χ4v) is 6.18. The summed E-state index contributed by atoms with van der Waals surface area (Å²) in [5.74, 6) is -0.233. The molecule has 4 rings (SSSR count). The number of benzene rings is 2. The van der Waals surface area contributed by atoms with Gasteiger partial charge in [-0.1, -0.05) is 30.3 Å². The molecular formula is C25H24F3N3O3S. The normalized spacial score (nSPS) is 17.4. The van der Waals surface area contributed by atoms with Crippen LogP contribution in [-0.2, 0) is 21.0 Å². The highest BCUT2D eigenvalue weighted by Gasteiger charge is 2.43. The van der Waals surface area contributed by atoms with E-state index in [-0.39, 0.29) is 25.5 Å². The number of hydrogen-bond donors (Lipinski definition) is 0. The van der Waals surface area contributed by atoms with Crippen LogP contribution in [0.25, 0.3) is 11.1 Å². The maximum atomic E-state index is 13.7. The van der Waals surface area contributed by atoms with Crippen molar-refractivity contribution in [3.05, 3.63) is 83.7 Å². The van der Waals surface area contributed by atoms with Crippen LogP contribution in [0.2, 0.25) is 0 Å². The van der Waals surface area contributed by atoms with Crippen molar-refractivity contribution >= 4 is 15.9 Å². The van der Waals surface area contributed by atoms with E-state index in [2.05, 4.69) is 4.98 Å². The first kappa shape index (κ1) is 24.9. The van der Waals surface area contributed by atoms with Crippen LogP contribution >= 0.6 is 0 Å². The largest absolute Gasteiger partial charge is 0.417 e. The first-order valence-corrected chi connectivity index (χ1v) is 12.4. The third-order valence-electron chi connectivity index (χ3n) is 6.16. The number of aryl methyl sites for hydroxylation is 1. The summed E-state index contributed by atoms with van der Waals surface area (Å²) < 4.78 is 69.4. The van der Waals surface area contributed by atoms with Gasteiger partial charge in [0, 0.05) is 39.0 Å². The minimum atomic E-state index is -4.83. The van der Waals surface area contributed by atoms with E-state index in [1.807, 2.05) is 25.1 Å². The maximum Gasteiger partial charge on any atom is 0.417 e. The minimum Gasteiger partial charge on any atom is -0.340 e. The predicted molar refractivity (Wildman–Crippen MR) is 125 cm³/mol. The van der Waals surface area contributed by atoms with Gasteiger partial charge in [0.25, 0.3) is 0 Å². The molecular weight excluding hydrogens is 479 g/mol. The monoisotopic (exact) mass is 503 g/mol. The van der Waals surface area contributed by atoms with Crippen molar-refractivity contribution in [1.29, 1.82) is 0 Å². The molecule has 0 saturated carbocycles. The van der Waals surface area contributed by atoms with E-state index in [0.29, 0.717) is 5.56 Å². The minimum absolute atomic E-state index is 0.0293. The molecule has 0 N–H and O–H groups in total. The van der Waals surface area contributed by atoms with Gasteiger partial charge in [-0.05, 0) is 53.4 Å². The van der Waals surface area contributed by atoms with Crippen LogP contribution in [0.3, 0.4) is 0 Å². The van der Waals surface area contributed by atoms with Crippen molar-refractivity contribution in [3.8, 4) is 11.1 Å². The van der Waals surface area contributed by atoms with Crippen molar-refractivity contribution in [2.75, 3.05) is 19.6 Å². The lowest BCUT2D eigenvalue weighted by molar-refractivity contribution is -0.140. The van der Waals surface area contributed by atoms with Crippen LogP contribution < -0.4 is 0 Å². The maximum absolute atomic E-state index is 13.7. The van der Waals surface area contributed by atoms with Crippen LogP contribution in [-0.4, -0.2) is 48.1 Å². The summed E-state index contributed by atoms with van der Waals surface area (Å²) >= 11 is 0. The highest BCUT2D eigenvalue weighted by molar-refractivity contribution is 7.89. The van der Waals surface area contributed by atoms with E-state index < -0.39 is 32.7 Å². The Morgan fingerprint density at radius 2 is 1.80 bits per heavy atom. The summed E-state index contributed by atoms with van der Waals surface area (Å²) in [4.78, 5) is 16.9. The Kier molecular flexibility index (Phi) is 6.70. The second kappa shape index (κ2) is 9.43. The van der Waals surface area contributed by atoms with E-state index in [9.17, 15) is 26.4 Å². The van der Waals surface area contributed by atoms with Gasteiger partial charge in [0.05, 0.1) is 16.5 Å². The Morgan fingerprint density at radius 1 is 1.06 bits per heavy atom. The van der Waals surface area contributed by atoms with Gasteiger partial charge in [0.2, 0.25) is 15.9 Å². The fourth-order valence-electron chi connectivity index (χ4n) is 4.37. The zero-order chi connectivity index (χ0) is 25.4. The summed E-state index contributed by atoms with van der Waals surface area (Å²) in [5, 5.41) is 0. The number of alkyl halides is 3. The molecule has 184 valence electrons. The Bertz CT molecular complexity index is 1360. The van der Waals surface area contributed by atoms with E-state index in [4.69, 9.17) is 0 Å². The molecule has 1 atom stereocenters. The lowest BCUT2D eigenvalue weighted by Gasteiger charge is -2.40. The Morgan fingerprint density at radius 3 is 2.49 bits per heavy atom. The van der Waals surface area contributed by atoms with Gasteiger partial charge in [-0.25, -0.2) is 8.42 Å². The second-order valence-corrected chi connectivity index (χ2v) is 10.3. The third-order valence-corrected chi connectivity index (χ3v) is 8.12. The molecule has 1 fully saturated rings. The lowest BCUT2D eigenvalue weighted by atomic mass is 9.97. The van der Waals surface area contributed by atoms with Crippen LogP contribution in [0.4, 0.5) is 13.2 Å². The quantitative estimate of drug-likeness (QED) is 0.519. The van der Waals surface area contributed by atoms with Gasteiger partial charge >= 0.3 is 6.18 Å². The molecule has 1 aliphatic heterocycles. The molecule has 10 heteroatoms. The number of piperazine rings is 1. The zero-order valence-corrected chi connectivity index (χ0v) is 20.0. The number of pyridine rings is 1. The number of carbonyl (C=O) groups excluding carboxylic acids is 1. The van der Waals surface area contributed by atoms with Crippen molar-refractivity contribution in [2.45, 2.75) is 31.0 Å². The average Bonchev–Trinajstić information content (AvgIpc) is 2.83. The summed E-state index contributed by atoms with van der Waals surface area (Å²) in [6.07, 6.45) is -1.47. The molecule has 2 aromatic carbocycles. The molecule has 0 aliphatic carbocycles. The molecule has 1 aliphatic rings. The molecule has 1 saturated heterocycles. The fraction of sp³-hybridized carbons (Fsp3) is 0.280. The van der Waals surface area contributed by atoms with Crippen molar-refractivity contribution < 1.29 is 26.4 Å². The van der Waals surface area contributed by atoms with E-state index in [0.717, 1.165) is 39.2 Å². The average molecular weight is 504 g/mol. The van der Waals surface area contributed by atoms with Gasteiger partial charge in [0.1, 0.15) is 0 Å². The third kappa shape index (κ3) is 4.94. The second-order valence-electron chi connectivity index (χ2n) is 8.41. The predicted octanol–water partition coefficient (Wildman–Crippen LogP) is 4.67. The molecule has 0 spiro atoms. The van der Waals surface area contributed by atoms with Crippen molar-refractivity contribution in [2.24, 2.45) is 0 Å². The molecule has 1 aromatic heterocycles. The number of carbonyl (C=O) groups is 1. The highest BCUT2D eigenvalue weighted by atomic mass is 32.2. The van der Waals surface area contributed by atoms with Gasteiger partial charge in [-0.2, -0.15) is 17.5 Å². The molecule has 0 bridgehead atoms. The summed E-state index contributed by atoms with van der Waals surface area (Å²) in [7, 11) is -4.54. The van der Waals surface area contributed by atoms with Crippen LogP contribution in [0.1, 0.15) is 29.7 Å². The number of sulfonamides is 1. The molecule has 3 aromatic rings. The Labute approximate surface area is 202 Å². The first-order valence-electron chi connectivity index (χ1n) is 10.9. The number of hydrogen-bond acceptors (Lipinski definition) is 4. The van der Waals surface area contributed by atoms with E-state index in [1.165, 1.54) is 17.9 Å². The van der Waals surface area contributed by atoms with Crippen molar-refractivity contribution in [3.63, 3.8) is 0 Å². The highest BCUT2D eigenvalue weighted by Crippen LogP contribution is 2.39. The molecule has 1 amide bonds. The van der Waals surface area contributed by atoms with Crippen molar-refractivity contribution in [1.82, 2.24) is 14.2 Å². The number of amides is 1. The molecule has 2 heterocycles. The zero-order valence-electron chi connectivity index (χ0n) is 19.2. The number of rotatable bonds is 4. The van der Waals surface area contributed by atoms with Crippen LogP contribution in [0.5, 0.6) is 0 Å². The lowest BCUT2D eigenvalue weighted by Crippen LogP contribution is -2.52. The Hall–Kier alpha value is -3.24. The number of nitrogens with zero attached hydrogens (tertiary/aromatic N) is 3. The molecule has 35 heavy (non-hydrogen) atoms. The Balaban J connectivity index is 1.82. The van der Waals surface area contributed by atoms with Crippen LogP contribution in [0, 0.1) is 6.92 Å². The standard InChI is InChI=1S/C25H24F3N3O3S/c1-17-15-29-11-10-21(17)19-6-5-7-20(14-19)23-16-30(18(2)32)12-13-31(23)35(33,34)24-9-4-3-8-22(24)25(26,27)28/h3-11,14-15,23H,12-13,16H2,1-2H3. The summed E-state index contributed by atoms with van der Waals surface area (Å²) in [6, 6.07) is 12.3. The van der Waals surface area contributed by atoms with Gasteiger partial charge < -0.3 is 4.90 Å². The van der Waals surface area contributed by atoms with Gasteiger partial charge in [-0.3, -0.25) is 9.78 Å². The summed E-state index contributed by atoms with van der Waals surface area (Å²) in [6.45, 7) is 3.27. The SMILES string of the molecule is CC(=O)N1CCN(S(=O)(=O)c2ccccc2C(F)(F)F)C(c2cccc(-c3ccncc3C)c2)C1. The topological polar surface area (TPSA) is 70.6 Å².